The van der Waals surface area contributed by atoms with E-state index in [1.807, 2.05) is 186 Å². The molecule has 270 valence electrons. The Balaban J connectivity index is 0.000000470. The number of hydrogen-bond acceptors (Lipinski definition) is 4. The molecule has 2 N–H and O–H groups in total. The summed E-state index contributed by atoms with van der Waals surface area (Å²) in [4.78, 5) is 0. The summed E-state index contributed by atoms with van der Waals surface area (Å²) >= 11 is 0. The van der Waals surface area contributed by atoms with E-state index in [2.05, 4.69) is 0 Å². The van der Waals surface area contributed by atoms with Crippen molar-refractivity contribution in [3.8, 4) is 0 Å². The zero-order chi connectivity index (χ0) is 36.2. The molecule has 4 aromatic carbocycles. The van der Waals surface area contributed by atoms with Gasteiger partial charge < -0.3 is 19.3 Å². The van der Waals surface area contributed by atoms with Gasteiger partial charge in [0.1, 0.15) is 0 Å². The molecule has 4 aliphatic rings. The maximum absolute atomic E-state index is 15.1. The molecule has 2 atom stereocenters. The third-order valence-electron chi connectivity index (χ3n) is 8.86. The van der Waals surface area contributed by atoms with Crippen LogP contribution in [0.25, 0.3) is 0 Å². The molecule has 8 rings (SSSR count). The van der Waals surface area contributed by atoms with Crippen molar-refractivity contribution in [2.75, 3.05) is 0 Å². The van der Waals surface area contributed by atoms with E-state index in [1.165, 1.54) is 0 Å². The second kappa shape index (κ2) is 22.3. The summed E-state index contributed by atoms with van der Waals surface area (Å²) in [7, 11) is -6.81. The van der Waals surface area contributed by atoms with Crippen molar-refractivity contribution in [1.82, 2.24) is 0 Å². The van der Waals surface area contributed by atoms with Crippen LogP contribution in [0.3, 0.4) is 0 Å². The molecule has 20 radical (unpaired) electrons. The summed E-state index contributed by atoms with van der Waals surface area (Å²) in [6.07, 6.45) is 27.6. The average Bonchev–Trinajstić information content (AvgIpc) is 4.07. The van der Waals surface area contributed by atoms with Gasteiger partial charge in [-0.05, 0) is 103 Å². The van der Waals surface area contributed by atoms with Crippen molar-refractivity contribution in [1.29, 1.82) is 0 Å². The second-order valence-electron chi connectivity index (χ2n) is 12.1. The first-order valence-electron chi connectivity index (χ1n) is 17.1. The topological polar surface area (TPSA) is 74.6 Å². The van der Waals surface area contributed by atoms with Gasteiger partial charge in [-0.25, -0.2) is 0 Å². The fraction of sp³-hybridized carbons (Fsp3) is 0.0435. The molecule has 0 amide bonds. The minimum atomic E-state index is -3.40. The third-order valence-corrected chi connectivity index (χ3v) is 15.1. The standard InChI is InChI=1S/C36H30O4P2.2C5H5.2Fe/c37-35(31-23-13-25-33(31)41(39,27-15-5-1-6-16-27)28-17-7-2-8-18-28)36(38)32-24-14-26-34(32)42(40,29-19-9-3-10-20-29)30-21-11-4-12-22-30;2*1-2-4-5-3-1;;/h1-26,35-38H;2*1-5H;;/q;;;2*+2/t35-,36-;;;;/m0..../s1. The van der Waals surface area contributed by atoms with Gasteiger partial charge in [0, 0.05) is 33.1 Å². The second-order valence-corrected chi connectivity index (χ2v) is 17.6. The van der Waals surface area contributed by atoms with E-state index in [4.69, 9.17) is 0 Å². The zero-order valence-electron chi connectivity index (χ0n) is 29.3. The molecule has 8 heteroatoms. The summed E-state index contributed by atoms with van der Waals surface area (Å²) in [5, 5.41) is 26.1. The van der Waals surface area contributed by atoms with Crippen LogP contribution in [0.1, 0.15) is 0 Å². The molecule has 0 heterocycles. The fourth-order valence-corrected chi connectivity index (χ4v) is 12.1. The van der Waals surface area contributed by atoms with Crippen molar-refractivity contribution in [2.24, 2.45) is 0 Å². The number of aliphatic hydroxyl groups excluding tert-OH is 2. The van der Waals surface area contributed by atoms with E-state index >= 15 is 9.13 Å². The molecule has 4 aliphatic carbocycles. The molecular weight excluding hydrogens is 790 g/mol. The molecule has 4 nitrogen and oxygen atoms in total. The van der Waals surface area contributed by atoms with Crippen LogP contribution in [0.4, 0.5) is 0 Å². The first-order valence-corrected chi connectivity index (χ1v) is 20.5. The summed E-state index contributed by atoms with van der Waals surface area (Å²) < 4.78 is 30.1. The van der Waals surface area contributed by atoms with Gasteiger partial charge in [-0.1, -0.05) is 121 Å². The van der Waals surface area contributed by atoms with Gasteiger partial charge >= 0.3 is 34.1 Å². The largest absolute Gasteiger partial charge is 2.00 e. The summed E-state index contributed by atoms with van der Waals surface area (Å²) in [6, 6.07) is 36.9. The van der Waals surface area contributed by atoms with Crippen LogP contribution in [-0.4, -0.2) is 22.4 Å². The Labute approximate surface area is 346 Å². The Morgan fingerprint density at radius 1 is 0.333 bits per heavy atom. The molecular formula is C46H40Fe2O4P2+4. The first-order chi connectivity index (χ1) is 25.5. The van der Waals surface area contributed by atoms with E-state index in [1.54, 1.807) is 38.5 Å². The minimum absolute atomic E-state index is 0. The van der Waals surface area contributed by atoms with Gasteiger partial charge in [-0.3, -0.25) is 0 Å². The van der Waals surface area contributed by atoms with Gasteiger partial charge in [0.15, 0.2) is 14.3 Å². The van der Waals surface area contributed by atoms with Crippen molar-refractivity contribution in [3.63, 3.8) is 0 Å². The van der Waals surface area contributed by atoms with Gasteiger partial charge in [0.05, 0.1) is 23.5 Å². The van der Waals surface area contributed by atoms with Gasteiger partial charge in [0.25, 0.3) is 0 Å². The predicted molar refractivity (Wildman–Crippen MR) is 213 cm³/mol. The van der Waals surface area contributed by atoms with Crippen LogP contribution in [0.15, 0.2) is 121 Å². The Morgan fingerprint density at radius 2 is 0.556 bits per heavy atom. The van der Waals surface area contributed by atoms with Crippen molar-refractivity contribution >= 4 is 35.5 Å². The monoisotopic (exact) mass is 830 g/mol. The third kappa shape index (κ3) is 10.4. The van der Waals surface area contributed by atoms with E-state index in [9.17, 15) is 10.2 Å². The molecule has 0 saturated heterocycles. The molecule has 54 heavy (non-hydrogen) atoms. The Kier molecular flexibility index (Phi) is 18.6. The van der Waals surface area contributed by atoms with Crippen LogP contribution in [0.2, 0.25) is 0 Å². The Bertz CT molecular complexity index is 1490. The summed E-state index contributed by atoms with van der Waals surface area (Å²) in [5.41, 5.74) is 0.933. The average molecular weight is 830 g/mol. The maximum Gasteiger partial charge on any atom is 2.00 e. The summed E-state index contributed by atoms with van der Waals surface area (Å²) in [5.74, 6) is 0.750. The van der Waals surface area contributed by atoms with E-state index in [0.29, 0.717) is 44.4 Å². The zero-order valence-corrected chi connectivity index (χ0v) is 33.2. The first kappa shape index (κ1) is 45.0. The minimum Gasteiger partial charge on any atom is -0.390 e. The number of benzene rings is 4. The fourth-order valence-electron chi connectivity index (χ4n) is 6.31. The quantitative estimate of drug-likeness (QED) is 0.138. The van der Waals surface area contributed by atoms with Crippen molar-refractivity contribution < 1.29 is 53.5 Å². The van der Waals surface area contributed by atoms with Gasteiger partial charge in [-0.2, -0.15) is 0 Å². The number of aliphatic hydroxyl groups is 2. The molecule has 4 saturated carbocycles. The van der Waals surface area contributed by atoms with Crippen LogP contribution in [0, 0.1) is 126 Å². The Hall–Kier alpha value is -1.70. The molecule has 4 aromatic rings. The van der Waals surface area contributed by atoms with E-state index in [0.717, 1.165) is 0 Å². The van der Waals surface area contributed by atoms with Gasteiger partial charge in [0.2, 0.25) is 0 Å². The smallest absolute Gasteiger partial charge is 0.390 e. The van der Waals surface area contributed by atoms with E-state index in [-0.39, 0.29) is 34.1 Å². The SMILES string of the molecule is O=P([C]1[CH][CH][CH][C]1[C@H](O)[C@@H](O)[C]1[CH][CH][CH][C]1P(=O)(c1ccccc1)c1ccccc1)(c1ccccc1)c1ccccc1.[CH]1[CH][CH][CH][CH]1.[CH]1[CH][CH][CH][CH]1.[Fe+2].[Fe+2]. The molecule has 0 bridgehead atoms. The normalized spacial score (nSPS) is 19.4. The molecule has 0 aromatic heterocycles. The number of rotatable bonds is 9. The van der Waals surface area contributed by atoms with Crippen LogP contribution in [-0.2, 0) is 43.3 Å². The van der Waals surface area contributed by atoms with Gasteiger partial charge in [-0.15, -0.1) is 0 Å². The van der Waals surface area contributed by atoms with Crippen molar-refractivity contribution in [3.05, 3.63) is 247 Å². The van der Waals surface area contributed by atoms with Crippen LogP contribution >= 0.6 is 14.3 Å². The van der Waals surface area contributed by atoms with Crippen molar-refractivity contribution in [2.45, 2.75) is 12.2 Å². The predicted octanol–water partition coefficient (Wildman–Crippen LogP) is 7.24. The number of hydrogen-bond donors (Lipinski definition) is 2. The molecule has 0 spiro atoms. The molecule has 4 fully saturated rings. The maximum atomic E-state index is 15.1. The molecule has 0 aliphatic heterocycles. The Morgan fingerprint density at radius 3 is 0.778 bits per heavy atom. The van der Waals surface area contributed by atoms with Crippen LogP contribution in [0.5, 0.6) is 0 Å². The summed E-state index contributed by atoms with van der Waals surface area (Å²) in [6.45, 7) is 0. The van der Waals surface area contributed by atoms with E-state index < -0.39 is 26.5 Å². The molecule has 0 unspecified atom stereocenters. The van der Waals surface area contributed by atoms with Crippen LogP contribution < -0.4 is 21.2 Å².